The first-order chi connectivity index (χ1) is 6.72. The van der Waals surface area contributed by atoms with E-state index in [1.165, 1.54) is 11.1 Å². The van der Waals surface area contributed by atoms with Crippen molar-refractivity contribution in [2.24, 2.45) is 0 Å². The summed E-state index contributed by atoms with van der Waals surface area (Å²) in [6, 6.07) is 2.22. The van der Waals surface area contributed by atoms with E-state index >= 15 is 0 Å². The number of aliphatic hydroxyl groups is 1. The first-order valence-corrected chi connectivity index (χ1v) is 5.39. The van der Waals surface area contributed by atoms with Crippen LogP contribution in [0.2, 0.25) is 0 Å². The molecule has 76 valence electrons. The molecular formula is C12H17NO. The molecule has 0 radical (unpaired) electrons. The summed E-state index contributed by atoms with van der Waals surface area (Å²) in [6.45, 7) is 4.18. The molecule has 0 saturated heterocycles. The van der Waals surface area contributed by atoms with E-state index in [0.717, 1.165) is 37.1 Å². The van der Waals surface area contributed by atoms with Crippen LogP contribution in [0, 0.1) is 6.92 Å². The molecule has 0 bridgehead atoms. The second-order valence-corrected chi connectivity index (χ2v) is 4.04. The minimum Gasteiger partial charge on any atom is -0.387 e. The fraction of sp³-hybridized carbons (Fsp3) is 0.583. The van der Waals surface area contributed by atoms with E-state index in [9.17, 15) is 5.11 Å². The van der Waals surface area contributed by atoms with Gasteiger partial charge >= 0.3 is 0 Å². The molecule has 0 spiro atoms. The Morgan fingerprint density at radius 2 is 2.36 bits per heavy atom. The van der Waals surface area contributed by atoms with Crippen molar-refractivity contribution in [2.45, 2.75) is 45.6 Å². The Balaban J connectivity index is 2.48. The summed E-state index contributed by atoms with van der Waals surface area (Å²) in [5.74, 6) is 0. The van der Waals surface area contributed by atoms with Crippen LogP contribution in [0.3, 0.4) is 0 Å². The number of hydrogen-bond acceptors (Lipinski definition) is 2. The maximum atomic E-state index is 9.79. The van der Waals surface area contributed by atoms with Gasteiger partial charge in [0.1, 0.15) is 0 Å². The molecule has 0 aromatic carbocycles. The van der Waals surface area contributed by atoms with Crippen LogP contribution >= 0.6 is 0 Å². The molecule has 1 aliphatic rings. The van der Waals surface area contributed by atoms with Gasteiger partial charge in [0.2, 0.25) is 0 Å². The number of rotatable bonds is 1. The fourth-order valence-corrected chi connectivity index (χ4v) is 2.18. The molecule has 0 fully saturated rings. The van der Waals surface area contributed by atoms with Crippen molar-refractivity contribution in [1.82, 2.24) is 4.98 Å². The number of nitrogens with zero attached hydrogens (tertiary/aromatic N) is 1. The summed E-state index contributed by atoms with van der Waals surface area (Å²) in [5.41, 5.74) is 4.57. The van der Waals surface area contributed by atoms with Crippen LogP contribution in [0.1, 0.15) is 48.4 Å². The zero-order valence-electron chi connectivity index (χ0n) is 8.88. The third kappa shape index (κ3) is 1.55. The van der Waals surface area contributed by atoms with E-state index in [0.29, 0.717) is 0 Å². The minimum atomic E-state index is -0.330. The lowest BCUT2D eigenvalue weighted by molar-refractivity contribution is 0.151. The topological polar surface area (TPSA) is 33.1 Å². The number of aliphatic hydroxyl groups excluding tert-OH is 1. The van der Waals surface area contributed by atoms with Crippen molar-refractivity contribution in [3.63, 3.8) is 0 Å². The highest BCUT2D eigenvalue weighted by atomic mass is 16.3. The van der Waals surface area contributed by atoms with Crippen LogP contribution in [-0.2, 0) is 12.8 Å². The predicted octanol–water partition coefficient (Wildman–Crippen LogP) is 2.32. The molecule has 2 nitrogen and oxygen atoms in total. The lowest BCUT2D eigenvalue weighted by Crippen LogP contribution is -2.13. The molecule has 2 rings (SSSR count). The predicted molar refractivity (Wildman–Crippen MR) is 56.2 cm³/mol. The van der Waals surface area contributed by atoms with E-state index < -0.39 is 0 Å². The molecule has 0 amide bonds. The fourth-order valence-electron chi connectivity index (χ4n) is 2.18. The average Bonchev–Trinajstić information content (AvgIpc) is 2.19. The van der Waals surface area contributed by atoms with Crippen LogP contribution in [0.5, 0.6) is 0 Å². The first kappa shape index (κ1) is 9.66. The molecule has 14 heavy (non-hydrogen) atoms. The van der Waals surface area contributed by atoms with Gasteiger partial charge in [0.25, 0.3) is 0 Å². The Labute approximate surface area is 85.0 Å². The quantitative estimate of drug-likeness (QED) is 0.739. The van der Waals surface area contributed by atoms with Gasteiger partial charge in [-0.05, 0) is 43.7 Å². The molecule has 1 atom stereocenters. The van der Waals surface area contributed by atoms with E-state index in [-0.39, 0.29) is 6.10 Å². The van der Waals surface area contributed by atoms with Crippen molar-refractivity contribution in [3.05, 3.63) is 28.6 Å². The normalized spacial score (nSPS) is 20.6. The van der Waals surface area contributed by atoms with Crippen LogP contribution in [0.15, 0.2) is 6.07 Å². The third-order valence-electron chi connectivity index (χ3n) is 3.05. The van der Waals surface area contributed by atoms with Crippen molar-refractivity contribution in [2.75, 3.05) is 0 Å². The maximum absolute atomic E-state index is 9.79. The van der Waals surface area contributed by atoms with Gasteiger partial charge < -0.3 is 5.11 Å². The lowest BCUT2D eigenvalue weighted by Gasteiger charge is -2.21. The van der Waals surface area contributed by atoms with Gasteiger partial charge in [-0.3, -0.25) is 4.98 Å². The summed E-state index contributed by atoms with van der Waals surface area (Å²) in [7, 11) is 0. The molecule has 1 unspecified atom stereocenters. The highest BCUT2D eigenvalue weighted by molar-refractivity contribution is 5.32. The van der Waals surface area contributed by atoms with Gasteiger partial charge in [0, 0.05) is 5.69 Å². The number of fused-ring (bicyclic) bond motifs is 1. The van der Waals surface area contributed by atoms with Crippen LogP contribution in [0.4, 0.5) is 0 Å². The summed E-state index contributed by atoms with van der Waals surface area (Å²) in [4.78, 5) is 4.52. The Bertz CT molecular complexity index is 346. The molecule has 1 heterocycles. The minimum absolute atomic E-state index is 0.330. The summed E-state index contributed by atoms with van der Waals surface area (Å²) < 4.78 is 0. The lowest BCUT2D eigenvalue weighted by atomic mass is 9.91. The van der Waals surface area contributed by atoms with Crippen LogP contribution in [0.25, 0.3) is 0 Å². The number of hydrogen-bond donors (Lipinski definition) is 1. The second-order valence-electron chi connectivity index (χ2n) is 4.04. The molecular weight excluding hydrogens is 174 g/mol. The first-order valence-electron chi connectivity index (χ1n) is 5.39. The molecule has 2 heteroatoms. The Morgan fingerprint density at radius 1 is 1.57 bits per heavy atom. The second kappa shape index (κ2) is 3.70. The van der Waals surface area contributed by atoms with Crippen LogP contribution < -0.4 is 0 Å². The zero-order valence-corrected chi connectivity index (χ0v) is 8.88. The molecule has 1 aliphatic carbocycles. The summed E-state index contributed by atoms with van der Waals surface area (Å²) >= 11 is 0. The largest absolute Gasteiger partial charge is 0.387 e. The van der Waals surface area contributed by atoms with Crippen LogP contribution in [-0.4, -0.2) is 10.1 Å². The Hall–Kier alpha value is -0.890. The monoisotopic (exact) mass is 191 g/mol. The number of aromatic nitrogens is 1. The van der Waals surface area contributed by atoms with E-state index in [2.05, 4.69) is 18.0 Å². The summed E-state index contributed by atoms with van der Waals surface area (Å²) in [6.07, 6.45) is 3.73. The van der Waals surface area contributed by atoms with Crippen molar-refractivity contribution in [3.8, 4) is 0 Å². The molecule has 1 N–H and O–H groups in total. The Kier molecular flexibility index (Phi) is 2.55. The third-order valence-corrected chi connectivity index (χ3v) is 3.05. The molecule has 1 aromatic rings. The number of pyridine rings is 1. The maximum Gasteiger partial charge on any atom is 0.0962 e. The average molecular weight is 191 g/mol. The van der Waals surface area contributed by atoms with E-state index in [1.807, 2.05) is 6.92 Å². The Morgan fingerprint density at radius 3 is 3.07 bits per heavy atom. The van der Waals surface area contributed by atoms with Gasteiger partial charge in [0.15, 0.2) is 0 Å². The van der Waals surface area contributed by atoms with E-state index in [4.69, 9.17) is 0 Å². The van der Waals surface area contributed by atoms with Gasteiger partial charge in [-0.2, -0.15) is 0 Å². The zero-order chi connectivity index (χ0) is 10.1. The van der Waals surface area contributed by atoms with Gasteiger partial charge in [-0.25, -0.2) is 0 Å². The van der Waals surface area contributed by atoms with Crippen molar-refractivity contribution < 1.29 is 5.11 Å². The number of aryl methyl sites for hydroxylation is 3. The smallest absolute Gasteiger partial charge is 0.0962 e. The molecule has 0 aliphatic heterocycles. The van der Waals surface area contributed by atoms with E-state index in [1.54, 1.807) is 0 Å². The van der Waals surface area contributed by atoms with Gasteiger partial charge in [0.05, 0.1) is 11.8 Å². The SMILES string of the molecule is CCc1cc2c(nc1C)C(O)CCC2. The van der Waals surface area contributed by atoms with Crippen molar-refractivity contribution in [1.29, 1.82) is 0 Å². The summed E-state index contributed by atoms with van der Waals surface area (Å²) in [5, 5.41) is 9.79. The van der Waals surface area contributed by atoms with Gasteiger partial charge in [-0.15, -0.1) is 0 Å². The highest BCUT2D eigenvalue weighted by Gasteiger charge is 2.20. The highest BCUT2D eigenvalue weighted by Crippen LogP contribution is 2.29. The standard InChI is InChI=1S/C12H17NO/c1-3-9-7-10-5-4-6-11(14)12(10)13-8(9)2/h7,11,14H,3-6H2,1-2H3. The molecule has 0 saturated carbocycles. The van der Waals surface area contributed by atoms with Crippen molar-refractivity contribution >= 4 is 0 Å². The van der Waals surface area contributed by atoms with Gasteiger partial charge in [-0.1, -0.05) is 13.0 Å². The molecule has 1 aromatic heterocycles.